The standard InChI is InChI=1S/C15H20BrClO/c1-18-14-6-5-12(9-13(14)16)10-15(11-17)7-3-2-4-8-15/h5-6,9H,2-4,7-8,10-11H2,1H3. The monoisotopic (exact) mass is 330 g/mol. The minimum Gasteiger partial charge on any atom is -0.496 e. The van der Waals surface area contributed by atoms with E-state index in [-0.39, 0.29) is 0 Å². The van der Waals surface area contributed by atoms with Crippen molar-refractivity contribution in [1.29, 1.82) is 0 Å². The number of alkyl halides is 1. The van der Waals surface area contributed by atoms with Crippen LogP contribution in [-0.2, 0) is 6.42 Å². The van der Waals surface area contributed by atoms with E-state index in [2.05, 4.69) is 28.1 Å². The zero-order valence-corrected chi connectivity index (χ0v) is 13.2. The van der Waals surface area contributed by atoms with Crippen LogP contribution in [0.1, 0.15) is 37.7 Å². The molecule has 0 heterocycles. The fourth-order valence-electron chi connectivity index (χ4n) is 2.91. The fraction of sp³-hybridized carbons (Fsp3) is 0.600. The van der Waals surface area contributed by atoms with Gasteiger partial charge in [0.15, 0.2) is 0 Å². The first kappa shape index (κ1) is 14.2. The van der Waals surface area contributed by atoms with Crippen molar-refractivity contribution in [2.75, 3.05) is 13.0 Å². The predicted molar refractivity (Wildman–Crippen MR) is 80.6 cm³/mol. The van der Waals surface area contributed by atoms with Crippen molar-refractivity contribution in [3.8, 4) is 5.75 Å². The van der Waals surface area contributed by atoms with Gasteiger partial charge in [-0.2, -0.15) is 0 Å². The van der Waals surface area contributed by atoms with E-state index in [1.807, 2.05) is 6.07 Å². The molecule has 1 aliphatic rings. The summed E-state index contributed by atoms with van der Waals surface area (Å²) in [6.45, 7) is 0. The second-order valence-corrected chi connectivity index (χ2v) is 6.46. The van der Waals surface area contributed by atoms with Crippen LogP contribution in [0.5, 0.6) is 5.75 Å². The third kappa shape index (κ3) is 3.21. The average Bonchev–Trinajstić information content (AvgIpc) is 2.40. The fourth-order valence-corrected chi connectivity index (χ4v) is 3.86. The van der Waals surface area contributed by atoms with Gasteiger partial charge in [0.2, 0.25) is 0 Å². The van der Waals surface area contributed by atoms with Gasteiger partial charge in [-0.15, -0.1) is 11.6 Å². The van der Waals surface area contributed by atoms with E-state index >= 15 is 0 Å². The molecule has 2 rings (SSSR count). The maximum Gasteiger partial charge on any atom is 0.133 e. The SMILES string of the molecule is COc1ccc(CC2(CCl)CCCCC2)cc1Br. The van der Waals surface area contributed by atoms with Gasteiger partial charge in [-0.3, -0.25) is 0 Å². The van der Waals surface area contributed by atoms with Crippen molar-refractivity contribution in [2.24, 2.45) is 5.41 Å². The Morgan fingerprint density at radius 3 is 2.56 bits per heavy atom. The summed E-state index contributed by atoms with van der Waals surface area (Å²) in [4.78, 5) is 0. The molecule has 0 bridgehead atoms. The van der Waals surface area contributed by atoms with Gasteiger partial charge in [0, 0.05) is 5.88 Å². The highest BCUT2D eigenvalue weighted by atomic mass is 79.9. The molecule has 1 saturated carbocycles. The van der Waals surface area contributed by atoms with Crippen LogP contribution in [0.15, 0.2) is 22.7 Å². The molecule has 0 spiro atoms. The smallest absolute Gasteiger partial charge is 0.133 e. The molecule has 0 N–H and O–H groups in total. The molecule has 1 aromatic rings. The van der Waals surface area contributed by atoms with E-state index in [9.17, 15) is 0 Å². The minimum absolute atomic E-state index is 0.313. The molecule has 1 aromatic carbocycles. The molecule has 0 amide bonds. The topological polar surface area (TPSA) is 9.23 Å². The molecular formula is C15H20BrClO. The lowest BCUT2D eigenvalue weighted by Crippen LogP contribution is -2.28. The maximum atomic E-state index is 6.25. The van der Waals surface area contributed by atoms with E-state index in [1.165, 1.54) is 37.7 Å². The van der Waals surface area contributed by atoms with Crippen LogP contribution in [0, 0.1) is 5.41 Å². The Bertz CT molecular complexity index is 399. The van der Waals surface area contributed by atoms with Crippen molar-refractivity contribution in [3.63, 3.8) is 0 Å². The van der Waals surface area contributed by atoms with Crippen molar-refractivity contribution in [3.05, 3.63) is 28.2 Å². The second kappa shape index (κ2) is 6.29. The minimum atomic E-state index is 0.313. The summed E-state index contributed by atoms with van der Waals surface area (Å²) in [6.07, 6.45) is 7.62. The largest absolute Gasteiger partial charge is 0.496 e. The number of rotatable bonds is 4. The van der Waals surface area contributed by atoms with Crippen LogP contribution in [0.2, 0.25) is 0 Å². The lowest BCUT2D eigenvalue weighted by molar-refractivity contribution is 0.219. The van der Waals surface area contributed by atoms with Gasteiger partial charge in [0.1, 0.15) is 5.75 Å². The number of benzene rings is 1. The first-order valence-corrected chi connectivity index (χ1v) is 7.90. The van der Waals surface area contributed by atoms with Crippen molar-refractivity contribution < 1.29 is 4.74 Å². The maximum absolute atomic E-state index is 6.25. The number of halogens is 2. The van der Waals surface area contributed by atoms with Gasteiger partial charge >= 0.3 is 0 Å². The second-order valence-electron chi connectivity index (χ2n) is 5.34. The zero-order valence-electron chi connectivity index (χ0n) is 10.8. The average molecular weight is 332 g/mol. The molecule has 1 nitrogen and oxygen atoms in total. The Kier molecular flexibility index (Phi) is 4.97. The normalized spacial score (nSPS) is 18.6. The molecule has 18 heavy (non-hydrogen) atoms. The summed E-state index contributed by atoms with van der Waals surface area (Å²) in [6, 6.07) is 6.36. The predicted octanol–water partition coefficient (Wildman–Crippen LogP) is 5.19. The van der Waals surface area contributed by atoms with Gasteiger partial charge in [0.05, 0.1) is 11.6 Å². The molecule has 0 unspecified atom stereocenters. The van der Waals surface area contributed by atoms with E-state index in [0.29, 0.717) is 5.41 Å². The first-order chi connectivity index (χ1) is 8.69. The van der Waals surface area contributed by atoms with E-state index < -0.39 is 0 Å². The number of hydrogen-bond donors (Lipinski definition) is 0. The lowest BCUT2D eigenvalue weighted by Gasteiger charge is -2.35. The highest BCUT2D eigenvalue weighted by Gasteiger charge is 2.31. The molecular weight excluding hydrogens is 312 g/mol. The molecule has 0 radical (unpaired) electrons. The number of methoxy groups -OCH3 is 1. The van der Waals surface area contributed by atoms with Crippen LogP contribution in [-0.4, -0.2) is 13.0 Å². The molecule has 100 valence electrons. The van der Waals surface area contributed by atoms with E-state index in [1.54, 1.807) is 7.11 Å². The summed E-state index contributed by atoms with van der Waals surface area (Å²) < 4.78 is 6.30. The number of hydrogen-bond acceptors (Lipinski definition) is 1. The van der Waals surface area contributed by atoms with Crippen molar-refractivity contribution >= 4 is 27.5 Å². The molecule has 3 heteroatoms. The zero-order chi connectivity index (χ0) is 13.0. The van der Waals surface area contributed by atoms with Gasteiger partial charge < -0.3 is 4.74 Å². The summed E-state index contributed by atoms with van der Waals surface area (Å²) in [7, 11) is 1.70. The van der Waals surface area contributed by atoms with E-state index in [0.717, 1.165) is 22.5 Å². The van der Waals surface area contributed by atoms with Gasteiger partial charge in [-0.05, 0) is 58.3 Å². The third-order valence-electron chi connectivity index (χ3n) is 3.99. The van der Waals surface area contributed by atoms with Crippen LogP contribution in [0.4, 0.5) is 0 Å². The highest BCUT2D eigenvalue weighted by Crippen LogP contribution is 2.41. The summed E-state index contributed by atoms with van der Waals surface area (Å²) in [5, 5.41) is 0. The molecule has 1 fully saturated rings. The molecule has 0 atom stereocenters. The first-order valence-electron chi connectivity index (χ1n) is 6.57. The Labute approximate surface area is 123 Å². The highest BCUT2D eigenvalue weighted by molar-refractivity contribution is 9.10. The van der Waals surface area contributed by atoms with Crippen LogP contribution in [0.25, 0.3) is 0 Å². The van der Waals surface area contributed by atoms with Crippen molar-refractivity contribution in [2.45, 2.75) is 38.5 Å². The molecule has 0 saturated heterocycles. The molecule has 1 aliphatic carbocycles. The Morgan fingerprint density at radius 1 is 1.28 bits per heavy atom. The Morgan fingerprint density at radius 2 is 2.00 bits per heavy atom. The molecule has 0 aromatic heterocycles. The lowest BCUT2D eigenvalue weighted by atomic mass is 9.72. The van der Waals surface area contributed by atoms with Crippen molar-refractivity contribution in [1.82, 2.24) is 0 Å². The van der Waals surface area contributed by atoms with Crippen LogP contribution >= 0.6 is 27.5 Å². The third-order valence-corrected chi connectivity index (χ3v) is 5.18. The van der Waals surface area contributed by atoms with Crippen LogP contribution < -0.4 is 4.74 Å². The molecule has 0 aliphatic heterocycles. The van der Waals surface area contributed by atoms with Gasteiger partial charge in [-0.25, -0.2) is 0 Å². The summed E-state index contributed by atoms with van der Waals surface area (Å²) in [5.41, 5.74) is 1.67. The van der Waals surface area contributed by atoms with Gasteiger partial charge in [-0.1, -0.05) is 25.3 Å². The van der Waals surface area contributed by atoms with Gasteiger partial charge in [0.25, 0.3) is 0 Å². The quantitative estimate of drug-likeness (QED) is 0.690. The summed E-state index contributed by atoms with van der Waals surface area (Å²) in [5.74, 6) is 1.67. The number of ether oxygens (including phenoxy) is 1. The van der Waals surface area contributed by atoms with E-state index in [4.69, 9.17) is 16.3 Å². The van der Waals surface area contributed by atoms with Crippen LogP contribution in [0.3, 0.4) is 0 Å². The summed E-state index contributed by atoms with van der Waals surface area (Å²) >= 11 is 9.80. The Balaban J connectivity index is 2.14. The Hall–Kier alpha value is -0.210.